The van der Waals surface area contributed by atoms with Gasteiger partial charge in [0, 0.05) is 6.07 Å². The van der Waals surface area contributed by atoms with E-state index in [2.05, 4.69) is 22.9 Å². The summed E-state index contributed by atoms with van der Waals surface area (Å²) in [5.41, 5.74) is -2.24. The number of hydrogen-bond donors (Lipinski definition) is 2. The number of fused-ring (bicyclic) bond motifs is 3. The van der Waals surface area contributed by atoms with Crippen LogP contribution in [0.1, 0.15) is 58.9 Å². The Kier molecular flexibility index (Phi) is 6.18. The number of unbranched alkanes of at least 4 members (excludes halogenated alkanes) is 1. The summed E-state index contributed by atoms with van der Waals surface area (Å²) in [7, 11) is -3.51. The van der Waals surface area contributed by atoms with Gasteiger partial charge in [-0.15, -0.1) is 0 Å². The first kappa shape index (κ1) is 24.9. The lowest BCUT2D eigenvalue weighted by Crippen LogP contribution is -2.89. The molecule has 5 rings (SSSR count). The van der Waals surface area contributed by atoms with Crippen LogP contribution in [0.3, 0.4) is 0 Å². The summed E-state index contributed by atoms with van der Waals surface area (Å²) < 4.78 is 44.2. The predicted molar refractivity (Wildman–Crippen MR) is 123 cm³/mol. The lowest BCUT2D eigenvalue weighted by atomic mass is 9.63. The molecule has 0 aliphatic carbocycles. The second kappa shape index (κ2) is 8.19. The van der Waals surface area contributed by atoms with Gasteiger partial charge in [0.15, 0.2) is 15.4 Å². The van der Waals surface area contributed by atoms with Crippen LogP contribution in [0.2, 0.25) is 0 Å². The van der Waals surface area contributed by atoms with Gasteiger partial charge >= 0.3 is 11.8 Å². The molecule has 1 aromatic rings. The van der Waals surface area contributed by atoms with Gasteiger partial charge in [0.1, 0.15) is 11.4 Å². The van der Waals surface area contributed by atoms with E-state index in [-0.39, 0.29) is 22.3 Å². The highest BCUT2D eigenvalue weighted by Gasteiger charge is 2.83. The van der Waals surface area contributed by atoms with Gasteiger partial charge < -0.3 is 19.7 Å². The molecule has 3 saturated heterocycles. The lowest BCUT2D eigenvalue weighted by Gasteiger charge is -2.68. The van der Waals surface area contributed by atoms with Gasteiger partial charge in [0.05, 0.1) is 21.0 Å². The molecule has 0 spiro atoms. The van der Waals surface area contributed by atoms with Crippen molar-refractivity contribution in [2.75, 3.05) is 5.75 Å². The number of carbonyl (C=O) groups is 1. The number of aliphatic carboxylic acids is 1. The van der Waals surface area contributed by atoms with E-state index >= 15 is 0 Å². The van der Waals surface area contributed by atoms with Crippen molar-refractivity contribution < 1.29 is 37.6 Å². The first-order valence-corrected chi connectivity index (χ1v) is 13.8. The summed E-state index contributed by atoms with van der Waals surface area (Å²) in [5, 5.41) is 20.6. The molecule has 2 bridgehead atoms. The number of halogens is 1. The fourth-order valence-corrected chi connectivity index (χ4v) is 7.71. The molecular weight excluding hydrogens is 516 g/mol. The molecule has 10 heteroatoms. The second-order valence-electron chi connectivity index (χ2n) is 9.81. The van der Waals surface area contributed by atoms with E-state index in [1.807, 2.05) is 0 Å². The molecule has 0 amide bonds. The molecule has 33 heavy (non-hydrogen) atoms. The fourth-order valence-electron chi connectivity index (χ4n) is 5.25. The third-order valence-electron chi connectivity index (χ3n) is 7.74. The Balaban J connectivity index is 1.64. The Hall–Kier alpha value is -1.20. The zero-order valence-corrected chi connectivity index (χ0v) is 21.7. The Bertz CT molecular complexity index is 1070. The highest BCUT2D eigenvalue weighted by Crippen LogP contribution is 2.60. The van der Waals surface area contributed by atoms with Crippen molar-refractivity contribution in [1.29, 1.82) is 0 Å². The minimum atomic E-state index is -3.51. The predicted octanol–water partition coefficient (Wildman–Crippen LogP) is 3.67. The van der Waals surface area contributed by atoms with Crippen molar-refractivity contribution in [1.82, 2.24) is 0 Å². The molecule has 0 saturated carbocycles. The first-order chi connectivity index (χ1) is 15.3. The molecule has 2 N–H and O–H groups in total. The molecule has 8 nitrogen and oxygen atoms in total. The fraction of sp³-hybridized carbons (Fsp3) is 0.696. The third-order valence-corrected chi connectivity index (χ3v) is 10.3. The number of sulfone groups is 1. The standard InChI is InChI=1S/C23H31BrO8S/c1-5-6-7-14-8-9-15-10-16(24)17(11-18(15)33(28,29)12-14)30-19-13(2)21(3)22(4,27)23(31-19,32-21)20(25)26/h10-11,13-14,19,27H,5-9,12H2,1-4H3,(H,25,26). The lowest BCUT2D eigenvalue weighted by molar-refractivity contribution is -0.531. The number of ether oxygens (including phenoxy) is 3. The van der Waals surface area contributed by atoms with Crippen molar-refractivity contribution in [3.63, 3.8) is 0 Å². The molecule has 4 aliphatic heterocycles. The molecule has 6 atom stereocenters. The normalized spacial score (nSPS) is 39.2. The average molecular weight is 547 g/mol. The van der Waals surface area contributed by atoms with Crippen molar-refractivity contribution in [3.8, 4) is 5.75 Å². The van der Waals surface area contributed by atoms with Crippen LogP contribution >= 0.6 is 15.9 Å². The van der Waals surface area contributed by atoms with Gasteiger partial charge in [0.2, 0.25) is 6.29 Å². The summed E-state index contributed by atoms with van der Waals surface area (Å²) in [5.74, 6) is -3.79. The summed E-state index contributed by atoms with van der Waals surface area (Å²) in [4.78, 5) is 12.2. The number of rotatable bonds is 6. The second-order valence-corrected chi connectivity index (χ2v) is 12.7. The number of carboxylic acid groups (broad SMARTS) is 1. The van der Waals surface area contributed by atoms with E-state index in [1.165, 1.54) is 13.0 Å². The molecule has 4 aliphatic rings. The van der Waals surface area contributed by atoms with Crippen LogP contribution in [0.15, 0.2) is 21.5 Å². The zero-order valence-electron chi connectivity index (χ0n) is 19.3. The molecule has 0 aromatic heterocycles. The van der Waals surface area contributed by atoms with Gasteiger partial charge in [0.25, 0.3) is 0 Å². The Morgan fingerprint density at radius 2 is 2.03 bits per heavy atom. The minimum absolute atomic E-state index is 0.105. The van der Waals surface area contributed by atoms with Crippen LogP contribution < -0.4 is 4.74 Å². The van der Waals surface area contributed by atoms with E-state index in [4.69, 9.17) is 14.2 Å². The third kappa shape index (κ3) is 3.64. The topological polar surface area (TPSA) is 119 Å². The largest absolute Gasteiger partial charge is 0.477 e. The molecule has 4 heterocycles. The van der Waals surface area contributed by atoms with Crippen molar-refractivity contribution >= 4 is 31.7 Å². The maximum atomic E-state index is 13.2. The summed E-state index contributed by atoms with van der Waals surface area (Å²) >= 11 is 3.47. The van der Waals surface area contributed by atoms with Gasteiger partial charge in [-0.3, -0.25) is 4.74 Å². The van der Waals surface area contributed by atoms with Crippen molar-refractivity contribution in [2.45, 2.75) is 88.0 Å². The van der Waals surface area contributed by atoms with E-state index in [9.17, 15) is 23.4 Å². The van der Waals surface area contributed by atoms with Gasteiger partial charge in [-0.25, -0.2) is 13.2 Å². The van der Waals surface area contributed by atoms with E-state index in [0.717, 1.165) is 31.2 Å². The molecule has 3 fully saturated rings. The van der Waals surface area contributed by atoms with E-state index < -0.39 is 45.0 Å². The molecular formula is C23H31BrO8S. The van der Waals surface area contributed by atoms with E-state index in [0.29, 0.717) is 10.9 Å². The Labute approximate surface area is 202 Å². The number of aliphatic hydroxyl groups is 1. The van der Waals surface area contributed by atoms with Crippen LogP contribution in [0.4, 0.5) is 0 Å². The van der Waals surface area contributed by atoms with Crippen molar-refractivity contribution in [2.24, 2.45) is 11.8 Å². The highest BCUT2D eigenvalue weighted by molar-refractivity contribution is 9.10. The summed E-state index contributed by atoms with van der Waals surface area (Å²) in [6.07, 6.45) is 3.32. The zero-order chi connectivity index (χ0) is 24.4. The number of benzene rings is 1. The monoisotopic (exact) mass is 546 g/mol. The van der Waals surface area contributed by atoms with Gasteiger partial charge in [-0.05, 0) is 66.6 Å². The molecule has 6 unspecified atom stereocenters. The number of carboxylic acids is 1. The van der Waals surface area contributed by atoms with Crippen LogP contribution in [0.25, 0.3) is 0 Å². The average Bonchev–Trinajstić information content (AvgIpc) is 2.85. The van der Waals surface area contributed by atoms with Crippen LogP contribution in [-0.2, 0) is 30.5 Å². The summed E-state index contributed by atoms with van der Waals surface area (Å²) in [6, 6.07) is 3.27. The Morgan fingerprint density at radius 3 is 2.64 bits per heavy atom. The van der Waals surface area contributed by atoms with Crippen LogP contribution in [0.5, 0.6) is 5.75 Å². The first-order valence-electron chi connectivity index (χ1n) is 11.3. The quantitative estimate of drug-likeness (QED) is 0.554. The van der Waals surface area contributed by atoms with Gasteiger partial charge in [-0.1, -0.05) is 26.7 Å². The maximum Gasteiger partial charge on any atom is 0.367 e. The SMILES string of the molecule is CCCCC1CCc2cc(Br)c(OC3OC4(C(=O)O)OC(C)(C3C)C4(C)O)cc2S(=O)(=O)C1. The summed E-state index contributed by atoms with van der Waals surface area (Å²) in [6.45, 7) is 6.82. The smallest absolute Gasteiger partial charge is 0.367 e. The minimum Gasteiger partial charge on any atom is -0.477 e. The molecule has 184 valence electrons. The Morgan fingerprint density at radius 1 is 1.33 bits per heavy atom. The van der Waals surface area contributed by atoms with Crippen LogP contribution in [0, 0.1) is 11.8 Å². The molecule has 0 radical (unpaired) electrons. The highest BCUT2D eigenvalue weighted by atomic mass is 79.9. The van der Waals surface area contributed by atoms with Crippen LogP contribution in [-0.4, -0.2) is 53.6 Å². The van der Waals surface area contributed by atoms with E-state index in [1.54, 1.807) is 19.9 Å². The van der Waals surface area contributed by atoms with Gasteiger partial charge in [-0.2, -0.15) is 0 Å². The van der Waals surface area contributed by atoms with Crippen molar-refractivity contribution in [3.05, 3.63) is 22.2 Å². The number of hydrogen-bond acceptors (Lipinski definition) is 7. The maximum absolute atomic E-state index is 13.2. The number of aryl methyl sites for hydroxylation is 1. The molecule has 1 aromatic carbocycles.